The summed E-state index contributed by atoms with van der Waals surface area (Å²) >= 11 is 0. The normalized spacial score (nSPS) is 11.7. The largest absolute Gasteiger partial charge is 0.345 e. The SMILES string of the molecule is CC(=O)NC(C(=O)NCC(=O)Nc1c(C)cccc1C)C(C)C. The maximum absolute atomic E-state index is 12.1. The van der Waals surface area contributed by atoms with Crippen LogP contribution in [0.25, 0.3) is 0 Å². The van der Waals surface area contributed by atoms with Crippen molar-refractivity contribution in [2.45, 2.75) is 40.7 Å². The highest BCUT2D eigenvalue weighted by molar-refractivity contribution is 5.96. The lowest BCUT2D eigenvalue weighted by Gasteiger charge is -2.21. The van der Waals surface area contributed by atoms with Gasteiger partial charge in [-0.15, -0.1) is 0 Å². The van der Waals surface area contributed by atoms with Gasteiger partial charge in [0.1, 0.15) is 6.04 Å². The van der Waals surface area contributed by atoms with Crippen LogP contribution in [0.3, 0.4) is 0 Å². The average Bonchev–Trinajstić information content (AvgIpc) is 2.45. The fraction of sp³-hybridized carbons (Fsp3) is 0.471. The first-order valence-corrected chi connectivity index (χ1v) is 7.63. The summed E-state index contributed by atoms with van der Waals surface area (Å²) in [7, 11) is 0. The molecule has 0 fully saturated rings. The van der Waals surface area contributed by atoms with Gasteiger partial charge in [0.2, 0.25) is 17.7 Å². The zero-order valence-electron chi connectivity index (χ0n) is 14.3. The van der Waals surface area contributed by atoms with Gasteiger partial charge in [-0.25, -0.2) is 0 Å². The van der Waals surface area contributed by atoms with Crippen LogP contribution in [0.5, 0.6) is 0 Å². The minimum absolute atomic E-state index is 0.0689. The number of nitrogens with one attached hydrogen (secondary N) is 3. The zero-order chi connectivity index (χ0) is 17.6. The van der Waals surface area contributed by atoms with E-state index in [0.717, 1.165) is 16.8 Å². The molecule has 0 spiro atoms. The van der Waals surface area contributed by atoms with Crippen LogP contribution < -0.4 is 16.0 Å². The molecule has 0 aliphatic rings. The highest BCUT2D eigenvalue weighted by atomic mass is 16.2. The fourth-order valence-electron chi connectivity index (χ4n) is 2.23. The monoisotopic (exact) mass is 319 g/mol. The molecule has 0 aromatic heterocycles. The highest BCUT2D eigenvalue weighted by Crippen LogP contribution is 2.18. The van der Waals surface area contributed by atoms with E-state index in [4.69, 9.17) is 0 Å². The maximum atomic E-state index is 12.1. The summed E-state index contributed by atoms with van der Waals surface area (Å²) in [4.78, 5) is 35.3. The second kappa shape index (κ2) is 8.31. The van der Waals surface area contributed by atoms with E-state index in [1.54, 1.807) is 0 Å². The Hall–Kier alpha value is -2.37. The van der Waals surface area contributed by atoms with Crippen molar-refractivity contribution in [3.05, 3.63) is 29.3 Å². The van der Waals surface area contributed by atoms with Gasteiger partial charge in [0.25, 0.3) is 0 Å². The van der Waals surface area contributed by atoms with E-state index in [9.17, 15) is 14.4 Å². The predicted molar refractivity (Wildman–Crippen MR) is 90.0 cm³/mol. The van der Waals surface area contributed by atoms with Gasteiger partial charge in [-0.2, -0.15) is 0 Å². The molecule has 6 heteroatoms. The standard InChI is InChI=1S/C17H25N3O3/c1-10(2)15(19-13(5)21)17(23)18-9-14(22)20-16-11(3)7-6-8-12(16)4/h6-8,10,15H,9H2,1-5H3,(H,18,23)(H,19,21)(H,20,22). The van der Waals surface area contributed by atoms with Crippen molar-refractivity contribution >= 4 is 23.4 Å². The molecule has 1 aromatic carbocycles. The highest BCUT2D eigenvalue weighted by Gasteiger charge is 2.23. The van der Waals surface area contributed by atoms with Gasteiger partial charge in [0, 0.05) is 12.6 Å². The lowest BCUT2D eigenvalue weighted by atomic mass is 10.0. The molecule has 1 unspecified atom stereocenters. The van der Waals surface area contributed by atoms with Crippen molar-refractivity contribution < 1.29 is 14.4 Å². The molecule has 3 N–H and O–H groups in total. The van der Waals surface area contributed by atoms with Crippen molar-refractivity contribution in [3.63, 3.8) is 0 Å². The van der Waals surface area contributed by atoms with E-state index >= 15 is 0 Å². The quantitative estimate of drug-likeness (QED) is 0.743. The second-order valence-corrected chi connectivity index (χ2v) is 5.96. The summed E-state index contributed by atoms with van der Waals surface area (Å²) in [5.41, 5.74) is 2.68. The van der Waals surface area contributed by atoms with Gasteiger partial charge >= 0.3 is 0 Å². The van der Waals surface area contributed by atoms with Crippen LogP contribution in [0.4, 0.5) is 5.69 Å². The molecule has 1 atom stereocenters. The predicted octanol–water partition coefficient (Wildman–Crippen LogP) is 1.52. The fourth-order valence-corrected chi connectivity index (χ4v) is 2.23. The molecule has 0 heterocycles. The Morgan fingerprint density at radius 2 is 1.65 bits per heavy atom. The molecule has 0 aliphatic heterocycles. The van der Waals surface area contributed by atoms with Crippen LogP contribution in [-0.2, 0) is 14.4 Å². The third kappa shape index (κ3) is 5.73. The molecule has 0 saturated carbocycles. The number of aryl methyl sites for hydroxylation is 2. The molecule has 0 saturated heterocycles. The minimum Gasteiger partial charge on any atom is -0.345 e. The number of hydrogen-bond acceptors (Lipinski definition) is 3. The molecule has 0 bridgehead atoms. The van der Waals surface area contributed by atoms with E-state index in [1.807, 2.05) is 45.9 Å². The molecule has 1 rings (SSSR count). The lowest BCUT2D eigenvalue weighted by molar-refractivity contribution is -0.130. The summed E-state index contributed by atoms with van der Waals surface area (Å²) in [6, 6.07) is 5.09. The Morgan fingerprint density at radius 3 is 2.13 bits per heavy atom. The van der Waals surface area contributed by atoms with Crippen LogP contribution in [0.1, 0.15) is 31.9 Å². The summed E-state index contributed by atoms with van der Waals surface area (Å²) in [6.45, 7) is 8.69. The van der Waals surface area contributed by atoms with Crippen molar-refractivity contribution in [1.82, 2.24) is 10.6 Å². The molecule has 3 amide bonds. The Labute approximate surface area is 137 Å². The first-order chi connectivity index (χ1) is 10.7. The zero-order valence-corrected chi connectivity index (χ0v) is 14.3. The molecular formula is C17H25N3O3. The van der Waals surface area contributed by atoms with E-state index in [2.05, 4.69) is 16.0 Å². The topological polar surface area (TPSA) is 87.3 Å². The number of hydrogen-bond donors (Lipinski definition) is 3. The van der Waals surface area contributed by atoms with E-state index in [0.29, 0.717) is 0 Å². The molecule has 23 heavy (non-hydrogen) atoms. The number of para-hydroxylation sites is 1. The van der Waals surface area contributed by atoms with E-state index < -0.39 is 6.04 Å². The number of amides is 3. The summed E-state index contributed by atoms with van der Waals surface area (Å²) in [5, 5.41) is 7.95. The third-order valence-electron chi connectivity index (χ3n) is 3.48. The number of anilines is 1. The lowest BCUT2D eigenvalue weighted by Crippen LogP contribution is -2.50. The molecule has 126 valence electrons. The third-order valence-corrected chi connectivity index (χ3v) is 3.48. The first-order valence-electron chi connectivity index (χ1n) is 7.63. The number of carbonyl (C=O) groups is 3. The summed E-state index contributed by atoms with van der Waals surface area (Å²) in [5.74, 6) is -1.02. The van der Waals surface area contributed by atoms with Gasteiger partial charge in [0.15, 0.2) is 0 Å². The number of rotatable bonds is 6. The van der Waals surface area contributed by atoms with Crippen molar-refractivity contribution in [3.8, 4) is 0 Å². The van der Waals surface area contributed by atoms with Crippen LogP contribution in [0.15, 0.2) is 18.2 Å². The second-order valence-electron chi connectivity index (χ2n) is 5.96. The minimum atomic E-state index is -0.652. The van der Waals surface area contributed by atoms with Gasteiger partial charge in [0.05, 0.1) is 6.54 Å². The maximum Gasteiger partial charge on any atom is 0.243 e. The Kier molecular flexibility index (Phi) is 6.75. The Morgan fingerprint density at radius 1 is 1.09 bits per heavy atom. The number of benzene rings is 1. The van der Waals surface area contributed by atoms with Crippen molar-refractivity contribution in [1.29, 1.82) is 0 Å². The number of carbonyl (C=O) groups excluding carboxylic acids is 3. The summed E-state index contributed by atoms with van der Waals surface area (Å²) in [6.07, 6.45) is 0. The van der Waals surface area contributed by atoms with Crippen LogP contribution in [0, 0.1) is 19.8 Å². The van der Waals surface area contributed by atoms with Crippen LogP contribution in [-0.4, -0.2) is 30.3 Å². The smallest absolute Gasteiger partial charge is 0.243 e. The van der Waals surface area contributed by atoms with Gasteiger partial charge < -0.3 is 16.0 Å². The van der Waals surface area contributed by atoms with Crippen LogP contribution >= 0.6 is 0 Å². The molecular weight excluding hydrogens is 294 g/mol. The molecule has 6 nitrogen and oxygen atoms in total. The van der Waals surface area contributed by atoms with Crippen molar-refractivity contribution in [2.24, 2.45) is 5.92 Å². The average molecular weight is 319 g/mol. The van der Waals surface area contributed by atoms with Crippen LogP contribution in [0.2, 0.25) is 0 Å². The van der Waals surface area contributed by atoms with E-state index in [-0.39, 0.29) is 30.2 Å². The van der Waals surface area contributed by atoms with Gasteiger partial charge in [-0.1, -0.05) is 32.0 Å². The Balaban J connectivity index is 2.61. The van der Waals surface area contributed by atoms with Gasteiger partial charge in [-0.3, -0.25) is 14.4 Å². The Bertz CT molecular complexity index is 576. The molecule has 0 radical (unpaired) electrons. The van der Waals surface area contributed by atoms with Gasteiger partial charge in [-0.05, 0) is 30.9 Å². The summed E-state index contributed by atoms with van der Waals surface area (Å²) < 4.78 is 0. The van der Waals surface area contributed by atoms with E-state index in [1.165, 1.54) is 6.92 Å². The van der Waals surface area contributed by atoms with Crippen molar-refractivity contribution in [2.75, 3.05) is 11.9 Å². The molecule has 1 aromatic rings. The first kappa shape index (κ1) is 18.7. The molecule has 0 aliphatic carbocycles.